The summed E-state index contributed by atoms with van der Waals surface area (Å²) in [6.45, 7) is 0.690. The molecule has 1 N–H and O–H groups in total. The first kappa shape index (κ1) is 17.7. The number of alkyl halides is 1. The van der Waals surface area contributed by atoms with Gasteiger partial charge in [-0.2, -0.15) is 0 Å². The standard InChI is InChI=1S/C19H25ClO3/c1-22-19-17-10-9-16(21)14-15(17)8-11-18(19)23-13-7-5-3-2-4-6-12-20/h8-11,14,21H,2-7,12-13H2,1H3. The van der Waals surface area contributed by atoms with Gasteiger partial charge in [-0.05, 0) is 42.5 Å². The first-order chi connectivity index (χ1) is 11.3. The fourth-order valence-corrected chi connectivity index (χ4v) is 2.87. The molecule has 0 amide bonds. The van der Waals surface area contributed by atoms with Gasteiger partial charge in [0.25, 0.3) is 0 Å². The van der Waals surface area contributed by atoms with Crippen LogP contribution in [0, 0.1) is 0 Å². The lowest BCUT2D eigenvalue weighted by molar-refractivity contribution is 0.286. The SMILES string of the molecule is COc1c(OCCCCCCCCCl)ccc2cc(O)ccc12. The second-order valence-electron chi connectivity index (χ2n) is 5.66. The maximum absolute atomic E-state index is 9.56. The van der Waals surface area contributed by atoms with Gasteiger partial charge in [0.2, 0.25) is 0 Å². The summed E-state index contributed by atoms with van der Waals surface area (Å²) in [6, 6.07) is 9.09. The minimum Gasteiger partial charge on any atom is -0.508 e. The van der Waals surface area contributed by atoms with Gasteiger partial charge in [0.05, 0.1) is 13.7 Å². The van der Waals surface area contributed by atoms with Gasteiger partial charge in [-0.3, -0.25) is 0 Å². The van der Waals surface area contributed by atoms with Gasteiger partial charge >= 0.3 is 0 Å². The second-order valence-corrected chi connectivity index (χ2v) is 6.04. The first-order valence-corrected chi connectivity index (χ1v) is 8.78. The van der Waals surface area contributed by atoms with E-state index in [0.717, 1.165) is 41.0 Å². The molecule has 0 aliphatic carbocycles. The molecule has 0 saturated heterocycles. The van der Waals surface area contributed by atoms with Crippen molar-refractivity contribution in [3.63, 3.8) is 0 Å². The number of hydrogen-bond donors (Lipinski definition) is 1. The zero-order chi connectivity index (χ0) is 16.5. The number of hydrogen-bond acceptors (Lipinski definition) is 3. The lowest BCUT2D eigenvalue weighted by Crippen LogP contribution is -2.00. The highest BCUT2D eigenvalue weighted by Gasteiger charge is 2.09. The van der Waals surface area contributed by atoms with Gasteiger partial charge in [-0.15, -0.1) is 11.6 Å². The highest BCUT2D eigenvalue weighted by molar-refractivity contribution is 6.17. The molecule has 126 valence electrons. The molecule has 3 nitrogen and oxygen atoms in total. The Morgan fingerprint density at radius 2 is 1.70 bits per heavy atom. The van der Waals surface area contributed by atoms with Crippen molar-refractivity contribution in [2.45, 2.75) is 38.5 Å². The highest BCUT2D eigenvalue weighted by Crippen LogP contribution is 2.36. The summed E-state index contributed by atoms with van der Waals surface area (Å²) in [5, 5.41) is 11.4. The van der Waals surface area contributed by atoms with Crippen LogP contribution in [0.4, 0.5) is 0 Å². The van der Waals surface area contributed by atoms with E-state index in [2.05, 4.69) is 0 Å². The van der Waals surface area contributed by atoms with Crippen LogP contribution < -0.4 is 9.47 Å². The van der Waals surface area contributed by atoms with E-state index < -0.39 is 0 Å². The monoisotopic (exact) mass is 336 g/mol. The molecule has 0 unspecified atom stereocenters. The van der Waals surface area contributed by atoms with Crippen molar-refractivity contribution in [3.05, 3.63) is 30.3 Å². The van der Waals surface area contributed by atoms with Crippen molar-refractivity contribution >= 4 is 22.4 Å². The molecule has 0 aromatic heterocycles. The van der Waals surface area contributed by atoms with Crippen LogP contribution >= 0.6 is 11.6 Å². The van der Waals surface area contributed by atoms with Crippen LogP contribution in [0.2, 0.25) is 0 Å². The van der Waals surface area contributed by atoms with Gasteiger partial charge < -0.3 is 14.6 Å². The number of unbranched alkanes of at least 4 members (excludes halogenated alkanes) is 5. The Kier molecular flexibility index (Phi) is 7.34. The maximum Gasteiger partial charge on any atom is 0.168 e. The first-order valence-electron chi connectivity index (χ1n) is 8.24. The summed E-state index contributed by atoms with van der Waals surface area (Å²) in [5.74, 6) is 2.50. The van der Waals surface area contributed by atoms with Crippen molar-refractivity contribution < 1.29 is 14.6 Å². The molecule has 4 heteroatoms. The van der Waals surface area contributed by atoms with Crippen LogP contribution in [-0.2, 0) is 0 Å². The van der Waals surface area contributed by atoms with Gasteiger partial charge in [-0.25, -0.2) is 0 Å². The number of phenolic OH excluding ortho intramolecular Hbond substituents is 1. The Labute approximate surface area is 143 Å². The minimum absolute atomic E-state index is 0.252. The fourth-order valence-electron chi connectivity index (χ4n) is 2.68. The smallest absolute Gasteiger partial charge is 0.168 e. The van der Waals surface area contributed by atoms with E-state index in [0.29, 0.717) is 6.61 Å². The van der Waals surface area contributed by atoms with Gasteiger partial charge in [-0.1, -0.05) is 31.7 Å². The number of phenols is 1. The van der Waals surface area contributed by atoms with E-state index in [1.165, 1.54) is 25.7 Å². The average molecular weight is 337 g/mol. The lowest BCUT2D eigenvalue weighted by Gasteiger charge is -2.13. The molecule has 2 rings (SSSR count). The van der Waals surface area contributed by atoms with E-state index in [9.17, 15) is 5.11 Å². The molecule has 0 fully saturated rings. The van der Waals surface area contributed by atoms with Crippen molar-refractivity contribution in [3.8, 4) is 17.2 Å². The number of aromatic hydroxyl groups is 1. The van der Waals surface area contributed by atoms with Gasteiger partial charge in [0.1, 0.15) is 5.75 Å². The number of benzene rings is 2. The van der Waals surface area contributed by atoms with Crippen LogP contribution in [0.15, 0.2) is 30.3 Å². The molecule has 0 aliphatic heterocycles. The van der Waals surface area contributed by atoms with E-state index in [1.807, 2.05) is 18.2 Å². The topological polar surface area (TPSA) is 38.7 Å². The molecule has 0 aliphatic rings. The number of fused-ring (bicyclic) bond motifs is 1. The predicted molar refractivity (Wildman–Crippen MR) is 96.1 cm³/mol. The molecule has 2 aromatic carbocycles. The van der Waals surface area contributed by atoms with E-state index >= 15 is 0 Å². The summed E-state index contributed by atoms with van der Waals surface area (Å²) in [5.41, 5.74) is 0. The third kappa shape index (κ3) is 5.21. The molecule has 0 atom stereocenters. The van der Waals surface area contributed by atoms with Crippen LogP contribution in [-0.4, -0.2) is 24.7 Å². The van der Waals surface area contributed by atoms with Crippen LogP contribution in [0.25, 0.3) is 10.8 Å². The van der Waals surface area contributed by atoms with E-state index in [1.54, 1.807) is 19.2 Å². The zero-order valence-corrected chi connectivity index (χ0v) is 14.4. The Bertz CT molecular complexity index is 613. The zero-order valence-electron chi connectivity index (χ0n) is 13.7. The van der Waals surface area contributed by atoms with Crippen molar-refractivity contribution in [2.24, 2.45) is 0 Å². The fraction of sp³-hybridized carbons (Fsp3) is 0.474. The Morgan fingerprint density at radius 3 is 2.43 bits per heavy atom. The molecular formula is C19H25ClO3. The normalized spacial score (nSPS) is 10.9. The summed E-state index contributed by atoms with van der Waals surface area (Å²) in [4.78, 5) is 0. The molecule has 0 radical (unpaired) electrons. The number of ether oxygens (including phenoxy) is 2. The third-order valence-corrected chi connectivity index (χ3v) is 4.17. The summed E-state index contributed by atoms with van der Waals surface area (Å²) in [6.07, 6.45) is 7.02. The Hall–Kier alpha value is -1.61. The molecule has 0 bridgehead atoms. The average Bonchev–Trinajstić information content (AvgIpc) is 2.56. The minimum atomic E-state index is 0.252. The molecule has 23 heavy (non-hydrogen) atoms. The number of halogens is 1. The predicted octanol–water partition coefficient (Wildman–Crippen LogP) is 5.51. The quantitative estimate of drug-likeness (QED) is 0.459. The van der Waals surface area contributed by atoms with Crippen molar-refractivity contribution in [2.75, 3.05) is 19.6 Å². The number of rotatable bonds is 10. The largest absolute Gasteiger partial charge is 0.508 e. The molecule has 0 spiro atoms. The molecule has 0 saturated carbocycles. The van der Waals surface area contributed by atoms with Crippen molar-refractivity contribution in [1.82, 2.24) is 0 Å². The maximum atomic E-state index is 9.56. The molecule has 0 heterocycles. The van der Waals surface area contributed by atoms with Crippen LogP contribution in [0.1, 0.15) is 38.5 Å². The van der Waals surface area contributed by atoms with Gasteiger partial charge in [0, 0.05) is 11.3 Å². The summed E-state index contributed by atoms with van der Waals surface area (Å²) < 4.78 is 11.4. The van der Waals surface area contributed by atoms with Crippen molar-refractivity contribution in [1.29, 1.82) is 0 Å². The van der Waals surface area contributed by atoms with Crippen LogP contribution in [0.5, 0.6) is 17.2 Å². The van der Waals surface area contributed by atoms with Gasteiger partial charge in [0.15, 0.2) is 11.5 Å². The van der Waals surface area contributed by atoms with Crippen LogP contribution in [0.3, 0.4) is 0 Å². The third-order valence-electron chi connectivity index (χ3n) is 3.91. The Balaban J connectivity index is 1.86. The highest BCUT2D eigenvalue weighted by atomic mass is 35.5. The van der Waals surface area contributed by atoms with E-state index in [-0.39, 0.29) is 5.75 Å². The van der Waals surface area contributed by atoms with E-state index in [4.69, 9.17) is 21.1 Å². The number of methoxy groups -OCH3 is 1. The molecule has 2 aromatic rings. The summed E-state index contributed by atoms with van der Waals surface area (Å²) in [7, 11) is 1.64. The second kappa shape index (κ2) is 9.51. The summed E-state index contributed by atoms with van der Waals surface area (Å²) >= 11 is 5.66. The molecular weight excluding hydrogens is 312 g/mol. The Morgan fingerprint density at radius 1 is 0.957 bits per heavy atom. The lowest BCUT2D eigenvalue weighted by atomic mass is 10.1.